The fourth-order valence-electron chi connectivity index (χ4n) is 1.56. The second-order valence-corrected chi connectivity index (χ2v) is 5.77. The highest BCUT2D eigenvalue weighted by Gasteiger charge is 2.01. The van der Waals surface area contributed by atoms with Gasteiger partial charge in [-0.2, -0.15) is 0 Å². The molecule has 0 heterocycles. The predicted octanol–water partition coefficient (Wildman–Crippen LogP) is 3.84. The van der Waals surface area contributed by atoms with Crippen LogP contribution in [0.1, 0.15) is 32.3 Å². The molecule has 0 fully saturated rings. The lowest BCUT2D eigenvalue weighted by Gasteiger charge is -2.05. The van der Waals surface area contributed by atoms with E-state index in [9.17, 15) is 4.79 Å². The van der Waals surface area contributed by atoms with Crippen molar-refractivity contribution in [3.05, 3.63) is 29.8 Å². The molecule has 1 rings (SSSR count). The molecular formula is C14H20O2S. The quantitative estimate of drug-likeness (QED) is 0.591. The minimum atomic E-state index is -0.776. The Balaban J connectivity index is 2.32. The van der Waals surface area contributed by atoms with Gasteiger partial charge in [0.25, 0.3) is 0 Å². The van der Waals surface area contributed by atoms with Gasteiger partial charge in [-0.05, 0) is 35.8 Å². The Kier molecular flexibility index (Phi) is 6.12. The van der Waals surface area contributed by atoms with Crippen molar-refractivity contribution >= 4 is 17.7 Å². The number of carboxylic acid groups (broad SMARTS) is 1. The van der Waals surface area contributed by atoms with Gasteiger partial charge in [0.05, 0.1) is 6.42 Å². The number of hydrogen-bond acceptors (Lipinski definition) is 2. The van der Waals surface area contributed by atoms with Crippen molar-refractivity contribution in [3.8, 4) is 0 Å². The number of rotatable bonds is 7. The summed E-state index contributed by atoms with van der Waals surface area (Å²) in [7, 11) is 0. The van der Waals surface area contributed by atoms with Crippen molar-refractivity contribution in [2.75, 3.05) is 5.75 Å². The standard InChI is InChI=1S/C14H20O2S/c1-11(2)4-3-9-17-13-7-5-12(6-8-13)10-14(15)16/h5-8,11H,3-4,9-10H2,1-2H3,(H,15,16). The number of carbonyl (C=O) groups is 1. The van der Waals surface area contributed by atoms with E-state index < -0.39 is 5.97 Å². The molecule has 1 N–H and O–H groups in total. The van der Waals surface area contributed by atoms with Gasteiger partial charge in [-0.15, -0.1) is 11.8 Å². The lowest BCUT2D eigenvalue weighted by Crippen LogP contribution is -1.99. The molecule has 0 radical (unpaired) electrons. The number of aliphatic carboxylic acids is 1. The van der Waals surface area contributed by atoms with Crippen molar-refractivity contribution in [2.24, 2.45) is 5.92 Å². The van der Waals surface area contributed by atoms with Crippen LogP contribution in [-0.2, 0) is 11.2 Å². The predicted molar refractivity (Wildman–Crippen MR) is 72.6 cm³/mol. The zero-order valence-corrected chi connectivity index (χ0v) is 11.3. The summed E-state index contributed by atoms with van der Waals surface area (Å²) in [5.41, 5.74) is 0.865. The van der Waals surface area contributed by atoms with Crippen molar-refractivity contribution in [2.45, 2.75) is 38.0 Å². The van der Waals surface area contributed by atoms with Crippen LogP contribution < -0.4 is 0 Å². The Morgan fingerprint density at radius 2 is 1.94 bits per heavy atom. The second kappa shape index (κ2) is 7.38. The SMILES string of the molecule is CC(C)CCCSc1ccc(CC(=O)O)cc1. The van der Waals surface area contributed by atoms with Gasteiger partial charge >= 0.3 is 5.97 Å². The average Bonchev–Trinajstić information content (AvgIpc) is 2.25. The Morgan fingerprint density at radius 3 is 2.47 bits per heavy atom. The van der Waals surface area contributed by atoms with Crippen LogP contribution >= 0.6 is 11.8 Å². The number of hydrogen-bond donors (Lipinski definition) is 1. The fourth-order valence-corrected chi connectivity index (χ4v) is 2.43. The molecule has 94 valence electrons. The number of thioether (sulfide) groups is 1. The summed E-state index contributed by atoms with van der Waals surface area (Å²) in [4.78, 5) is 11.7. The van der Waals surface area contributed by atoms with Crippen LogP contribution in [0.2, 0.25) is 0 Å². The summed E-state index contributed by atoms with van der Waals surface area (Å²) in [5.74, 6) is 1.13. The van der Waals surface area contributed by atoms with Crippen LogP contribution in [0.4, 0.5) is 0 Å². The lowest BCUT2D eigenvalue weighted by molar-refractivity contribution is -0.136. The van der Waals surface area contributed by atoms with Crippen molar-refractivity contribution in [1.29, 1.82) is 0 Å². The molecule has 1 aromatic rings. The largest absolute Gasteiger partial charge is 0.481 e. The molecule has 0 saturated carbocycles. The first kappa shape index (κ1) is 14.1. The molecule has 0 atom stereocenters. The van der Waals surface area contributed by atoms with Gasteiger partial charge in [0.15, 0.2) is 0 Å². The summed E-state index contributed by atoms with van der Waals surface area (Å²) in [5, 5.41) is 8.66. The molecule has 0 bridgehead atoms. The van der Waals surface area contributed by atoms with E-state index in [0.717, 1.165) is 17.2 Å². The minimum Gasteiger partial charge on any atom is -0.481 e. The highest BCUT2D eigenvalue weighted by atomic mass is 32.2. The van der Waals surface area contributed by atoms with E-state index in [4.69, 9.17) is 5.11 Å². The van der Waals surface area contributed by atoms with Crippen LogP contribution in [0.25, 0.3) is 0 Å². The Labute approximate surface area is 107 Å². The van der Waals surface area contributed by atoms with E-state index in [1.807, 2.05) is 36.0 Å². The third-order valence-electron chi connectivity index (χ3n) is 2.47. The first-order chi connectivity index (χ1) is 8.08. The second-order valence-electron chi connectivity index (χ2n) is 4.60. The van der Waals surface area contributed by atoms with Crippen molar-refractivity contribution in [1.82, 2.24) is 0 Å². The molecule has 0 aliphatic carbocycles. The van der Waals surface area contributed by atoms with Crippen molar-refractivity contribution < 1.29 is 9.90 Å². The van der Waals surface area contributed by atoms with Gasteiger partial charge in [0.1, 0.15) is 0 Å². The fraction of sp³-hybridized carbons (Fsp3) is 0.500. The van der Waals surface area contributed by atoms with Gasteiger partial charge in [-0.1, -0.05) is 32.4 Å². The maximum absolute atomic E-state index is 10.5. The van der Waals surface area contributed by atoms with E-state index >= 15 is 0 Å². The molecule has 0 amide bonds. The maximum atomic E-state index is 10.5. The zero-order chi connectivity index (χ0) is 12.7. The lowest BCUT2D eigenvalue weighted by atomic mass is 10.1. The van der Waals surface area contributed by atoms with Crippen LogP contribution in [0, 0.1) is 5.92 Å². The van der Waals surface area contributed by atoms with E-state index in [1.165, 1.54) is 17.7 Å². The van der Waals surface area contributed by atoms with Crippen LogP contribution in [0.5, 0.6) is 0 Å². The van der Waals surface area contributed by atoms with Gasteiger partial charge in [-0.25, -0.2) is 0 Å². The molecule has 0 saturated heterocycles. The number of benzene rings is 1. The van der Waals surface area contributed by atoms with Crippen LogP contribution in [0.3, 0.4) is 0 Å². The minimum absolute atomic E-state index is 0.109. The summed E-state index contributed by atoms with van der Waals surface area (Å²) in [6.07, 6.45) is 2.61. The first-order valence-corrected chi connectivity index (χ1v) is 7.00. The third-order valence-corrected chi connectivity index (χ3v) is 3.57. The maximum Gasteiger partial charge on any atom is 0.307 e. The highest BCUT2D eigenvalue weighted by molar-refractivity contribution is 7.99. The molecular weight excluding hydrogens is 232 g/mol. The van der Waals surface area contributed by atoms with E-state index in [2.05, 4.69) is 13.8 Å². The number of carboxylic acids is 1. The van der Waals surface area contributed by atoms with Crippen LogP contribution in [-0.4, -0.2) is 16.8 Å². The molecule has 17 heavy (non-hydrogen) atoms. The molecule has 0 aliphatic rings. The Morgan fingerprint density at radius 1 is 1.29 bits per heavy atom. The molecule has 2 nitrogen and oxygen atoms in total. The van der Waals surface area contributed by atoms with Gasteiger partial charge in [0.2, 0.25) is 0 Å². The van der Waals surface area contributed by atoms with E-state index in [0.29, 0.717) is 0 Å². The van der Waals surface area contributed by atoms with Gasteiger partial charge in [-0.3, -0.25) is 4.79 Å². The summed E-state index contributed by atoms with van der Waals surface area (Å²) in [6, 6.07) is 7.83. The summed E-state index contributed by atoms with van der Waals surface area (Å²) in [6.45, 7) is 4.48. The molecule has 0 spiro atoms. The van der Waals surface area contributed by atoms with Gasteiger partial charge in [0, 0.05) is 4.90 Å². The summed E-state index contributed by atoms with van der Waals surface area (Å²) >= 11 is 1.84. The molecule has 0 aromatic heterocycles. The Bertz CT molecular complexity index is 344. The first-order valence-electron chi connectivity index (χ1n) is 6.01. The molecule has 3 heteroatoms. The molecule has 0 aliphatic heterocycles. The topological polar surface area (TPSA) is 37.3 Å². The monoisotopic (exact) mass is 252 g/mol. The Hall–Kier alpha value is -0.960. The zero-order valence-electron chi connectivity index (χ0n) is 10.5. The van der Waals surface area contributed by atoms with Crippen LogP contribution in [0.15, 0.2) is 29.2 Å². The third kappa shape index (κ3) is 6.37. The van der Waals surface area contributed by atoms with E-state index in [-0.39, 0.29) is 6.42 Å². The highest BCUT2D eigenvalue weighted by Crippen LogP contribution is 2.20. The van der Waals surface area contributed by atoms with Gasteiger partial charge < -0.3 is 5.11 Å². The normalized spacial score (nSPS) is 10.8. The van der Waals surface area contributed by atoms with Crippen molar-refractivity contribution in [3.63, 3.8) is 0 Å². The smallest absolute Gasteiger partial charge is 0.307 e. The molecule has 0 unspecified atom stereocenters. The summed E-state index contributed by atoms with van der Waals surface area (Å²) < 4.78 is 0. The molecule has 1 aromatic carbocycles. The average molecular weight is 252 g/mol. The van der Waals surface area contributed by atoms with E-state index in [1.54, 1.807) is 0 Å².